The molecule has 3 N–H and O–H groups in total. The Balaban J connectivity index is 2.63. The summed E-state index contributed by atoms with van der Waals surface area (Å²) in [5.74, 6) is -0.933. The summed E-state index contributed by atoms with van der Waals surface area (Å²) in [7, 11) is 0. The number of hydrogen-bond acceptors (Lipinski definition) is 4. The molecule has 0 aromatic heterocycles. The molecule has 0 saturated carbocycles. The van der Waals surface area contributed by atoms with Crippen molar-refractivity contribution in [2.45, 2.75) is 26.4 Å². The smallest absolute Gasteiger partial charge is 0.338 e. The number of ether oxygens (including phenoxy) is 1. The summed E-state index contributed by atoms with van der Waals surface area (Å²) in [6.07, 6.45) is -0.0321. The first-order valence-corrected chi connectivity index (χ1v) is 6.37. The van der Waals surface area contributed by atoms with Crippen LogP contribution >= 0.6 is 11.6 Å². The lowest BCUT2D eigenvalue weighted by atomic mass is 10.2. The minimum absolute atomic E-state index is 0.259. The van der Waals surface area contributed by atoms with E-state index in [9.17, 15) is 9.59 Å². The molecule has 0 bridgehead atoms. The Hall–Kier alpha value is -1.75. The fraction of sp³-hybridized carbons (Fsp3) is 0.385. The SMILES string of the molecule is CCCNC(=O)C(C)OC(=O)c1ccc(N)c(Cl)c1. The fourth-order valence-electron chi connectivity index (χ4n) is 1.33. The maximum absolute atomic E-state index is 11.8. The van der Waals surface area contributed by atoms with E-state index in [2.05, 4.69) is 5.32 Å². The standard InChI is InChI=1S/C13H17ClN2O3/c1-3-6-16-12(17)8(2)19-13(18)9-4-5-11(15)10(14)7-9/h4-5,7-8H,3,6,15H2,1-2H3,(H,16,17). The largest absolute Gasteiger partial charge is 0.449 e. The molecule has 1 unspecified atom stereocenters. The summed E-state index contributed by atoms with van der Waals surface area (Å²) < 4.78 is 5.04. The summed E-state index contributed by atoms with van der Waals surface area (Å²) in [4.78, 5) is 23.4. The van der Waals surface area contributed by atoms with Crippen molar-refractivity contribution in [1.29, 1.82) is 0 Å². The number of carbonyl (C=O) groups excluding carboxylic acids is 2. The molecular weight excluding hydrogens is 268 g/mol. The number of rotatable bonds is 5. The number of halogens is 1. The molecule has 1 aromatic carbocycles. The molecule has 1 atom stereocenters. The second kappa shape index (κ2) is 6.99. The zero-order valence-corrected chi connectivity index (χ0v) is 11.7. The van der Waals surface area contributed by atoms with E-state index in [0.717, 1.165) is 6.42 Å². The number of benzene rings is 1. The average Bonchev–Trinajstić information content (AvgIpc) is 2.38. The summed E-state index contributed by atoms with van der Waals surface area (Å²) in [6.45, 7) is 4.00. The van der Waals surface area contributed by atoms with Gasteiger partial charge in [0.1, 0.15) is 0 Å². The van der Waals surface area contributed by atoms with Gasteiger partial charge in [-0.05, 0) is 31.5 Å². The maximum Gasteiger partial charge on any atom is 0.338 e. The number of anilines is 1. The van der Waals surface area contributed by atoms with Crippen LogP contribution in [0.1, 0.15) is 30.6 Å². The number of nitrogens with one attached hydrogen (secondary N) is 1. The molecule has 1 rings (SSSR count). The highest BCUT2D eigenvalue weighted by Gasteiger charge is 2.18. The van der Waals surface area contributed by atoms with Gasteiger partial charge in [0.05, 0.1) is 16.3 Å². The summed E-state index contributed by atoms with van der Waals surface area (Å²) in [6, 6.07) is 4.43. The Kier molecular flexibility index (Phi) is 5.63. The molecule has 6 heteroatoms. The van der Waals surface area contributed by atoms with Gasteiger partial charge in [-0.15, -0.1) is 0 Å². The fourth-order valence-corrected chi connectivity index (χ4v) is 1.51. The molecule has 0 fully saturated rings. The third-order valence-electron chi connectivity index (χ3n) is 2.44. The van der Waals surface area contributed by atoms with Crippen molar-refractivity contribution < 1.29 is 14.3 Å². The van der Waals surface area contributed by atoms with Gasteiger partial charge in [-0.25, -0.2) is 4.79 Å². The van der Waals surface area contributed by atoms with E-state index in [1.54, 1.807) is 0 Å². The Morgan fingerprint density at radius 3 is 2.74 bits per heavy atom. The Morgan fingerprint density at radius 1 is 1.47 bits per heavy atom. The monoisotopic (exact) mass is 284 g/mol. The van der Waals surface area contributed by atoms with Crippen LogP contribution in [0.4, 0.5) is 5.69 Å². The highest BCUT2D eigenvalue weighted by atomic mass is 35.5. The van der Waals surface area contributed by atoms with Crippen LogP contribution in [0.5, 0.6) is 0 Å². The van der Waals surface area contributed by atoms with Crippen molar-refractivity contribution in [2.75, 3.05) is 12.3 Å². The van der Waals surface area contributed by atoms with Crippen LogP contribution in [0.15, 0.2) is 18.2 Å². The zero-order chi connectivity index (χ0) is 14.4. The Bertz CT molecular complexity index is 477. The van der Waals surface area contributed by atoms with Gasteiger partial charge >= 0.3 is 5.97 Å². The number of amides is 1. The number of hydrogen-bond donors (Lipinski definition) is 2. The second-order valence-corrected chi connectivity index (χ2v) is 4.48. The van der Waals surface area contributed by atoms with Gasteiger partial charge in [-0.2, -0.15) is 0 Å². The first kappa shape index (κ1) is 15.3. The average molecular weight is 285 g/mol. The third kappa shape index (κ3) is 4.44. The van der Waals surface area contributed by atoms with Crippen LogP contribution in [-0.2, 0) is 9.53 Å². The van der Waals surface area contributed by atoms with Crippen LogP contribution in [-0.4, -0.2) is 24.5 Å². The van der Waals surface area contributed by atoms with Crippen LogP contribution in [0.3, 0.4) is 0 Å². The lowest BCUT2D eigenvalue weighted by molar-refractivity contribution is -0.129. The summed E-state index contributed by atoms with van der Waals surface area (Å²) >= 11 is 5.81. The highest BCUT2D eigenvalue weighted by molar-refractivity contribution is 6.33. The van der Waals surface area contributed by atoms with Crippen molar-refractivity contribution in [2.24, 2.45) is 0 Å². The second-order valence-electron chi connectivity index (χ2n) is 4.07. The van der Waals surface area contributed by atoms with E-state index in [1.165, 1.54) is 25.1 Å². The van der Waals surface area contributed by atoms with Crippen LogP contribution in [0.25, 0.3) is 0 Å². The normalized spacial score (nSPS) is 11.7. The van der Waals surface area contributed by atoms with Crippen molar-refractivity contribution in [3.8, 4) is 0 Å². The number of nitrogen functional groups attached to an aromatic ring is 1. The minimum Gasteiger partial charge on any atom is -0.449 e. The van der Waals surface area contributed by atoms with E-state index in [-0.39, 0.29) is 16.5 Å². The highest BCUT2D eigenvalue weighted by Crippen LogP contribution is 2.20. The van der Waals surface area contributed by atoms with Crippen LogP contribution in [0.2, 0.25) is 5.02 Å². The van der Waals surface area contributed by atoms with Crippen molar-refractivity contribution in [3.63, 3.8) is 0 Å². The van der Waals surface area contributed by atoms with E-state index in [1.807, 2.05) is 6.92 Å². The maximum atomic E-state index is 11.8. The van der Waals surface area contributed by atoms with Gasteiger partial charge in [0.15, 0.2) is 6.10 Å². The Morgan fingerprint density at radius 2 is 2.16 bits per heavy atom. The van der Waals surface area contributed by atoms with Gasteiger partial charge < -0.3 is 15.8 Å². The van der Waals surface area contributed by atoms with Gasteiger partial charge in [0.25, 0.3) is 5.91 Å². The summed E-state index contributed by atoms with van der Waals surface area (Å²) in [5, 5.41) is 2.92. The molecule has 0 aliphatic rings. The molecule has 0 heterocycles. The van der Waals surface area contributed by atoms with Gasteiger partial charge in [0, 0.05) is 6.54 Å². The lowest BCUT2D eigenvalue weighted by Gasteiger charge is -2.13. The van der Waals surface area contributed by atoms with Crippen molar-refractivity contribution >= 4 is 29.2 Å². The predicted octanol–water partition coefficient (Wildman–Crippen LogP) is 1.99. The number of esters is 1. The van der Waals surface area contributed by atoms with E-state index in [4.69, 9.17) is 22.1 Å². The topological polar surface area (TPSA) is 81.4 Å². The molecule has 5 nitrogen and oxygen atoms in total. The quantitative estimate of drug-likeness (QED) is 0.640. The molecule has 0 saturated heterocycles. The first-order chi connectivity index (χ1) is 8.95. The van der Waals surface area contributed by atoms with Gasteiger partial charge in [-0.1, -0.05) is 18.5 Å². The molecule has 104 valence electrons. The zero-order valence-electron chi connectivity index (χ0n) is 10.9. The number of nitrogens with two attached hydrogens (primary N) is 1. The van der Waals surface area contributed by atoms with Crippen LogP contribution < -0.4 is 11.1 Å². The molecule has 1 amide bonds. The number of carbonyl (C=O) groups is 2. The molecule has 0 spiro atoms. The van der Waals surface area contributed by atoms with Gasteiger partial charge in [0.2, 0.25) is 0 Å². The Labute approximate surface area is 117 Å². The molecular formula is C13H17ClN2O3. The first-order valence-electron chi connectivity index (χ1n) is 5.99. The van der Waals surface area contributed by atoms with Crippen molar-refractivity contribution in [1.82, 2.24) is 5.32 Å². The third-order valence-corrected chi connectivity index (χ3v) is 2.77. The van der Waals surface area contributed by atoms with E-state index < -0.39 is 12.1 Å². The predicted molar refractivity (Wildman–Crippen MR) is 74.0 cm³/mol. The molecule has 0 radical (unpaired) electrons. The molecule has 1 aromatic rings. The molecule has 19 heavy (non-hydrogen) atoms. The molecule has 0 aliphatic carbocycles. The van der Waals surface area contributed by atoms with Gasteiger partial charge in [-0.3, -0.25) is 4.79 Å². The molecule has 0 aliphatic heterocycles. The van der Waals surface area contributed by atoms with Crippen LogP contribution in [0, 0.1) is 0 Å². The summed E-state index contributed by atoms with van der Waals surface area (Å²) in [5.41, 5.74) is 6.19. The minimum atomic E-state index is -0.852. The lowest BCUT2D eigenvalue weighted by Crippen LogP contribution is -2.36. The van der Waals surface area contributed by atoms with E-state index in [0.29, 0.717) is 12.2 Å². The van der Waals surface area contributed by atoms with E-state index >= 15 is 0 Å². The van der Waals surface area contributed by atoms with Crippen molar-refractivity contribution in [3.05, 3.63) is 28.8 Å².